The van der Waals surface area contributed by atoms with E-state index < -0.39 is 17.9 Å². The molecule has 0 bridgehead atoms. The number of methoxy groups -OCH3 is 1. The summed E-state index contributed by atoms with van der Waals surface area (Å²) in [6.45, 7) is 4.56. The van der Waals surface area contributed by atoms with E-state index in [1.807, 2.05) is 79.4 Å². The van der Waals surface area contributed by atoms with Gasteiger partial charge >= 0.3 is 5.97 Å². The SMILES string of the molecule is COc1ccc([C@@H]2[C@@H](C(=O)O)[C@H](c3ccc4c(c3)OCO4)CN2CC(=O)Nc2cccc(C)c2C)cc1. The fraction of sp³-hybridized carbons (Fsp3) is 0.310. The largest absolute Gasteiger partial charge is 0.497 e. The Kier molecular flexibility index (Phi) is 6.76. The van der Waals surface area contributed by atoms with E-state index >= 15 is 0 Å². The first-order chi connectivity index (χ1) is 17.9. The van der Waals surface area contributed by atoms with Crippen molar-refractivity contribution in [3.63, 3.8) is 0 Å². The minimum absolute atomic E-state index is 0.0505. The number of ether oxygens (including phenoxy) is 3. The van der Waals surface area contributed by atoms with E-state index in [0.29, 0.717) is 23.8 Å². The number of nitrogens with one attached hydrogen (secondary N) is 1. The zero-order valence-electron chi connectivity index (χ0n) is 21.1. The van der Waals surface area contributed by atoms with Crippen molar-refractivity contribution in [3.8, 4) is 17.2 Å². The van der Waals surface area contributed by atoms with E-state index in [9.17, 15) is 14.7 Å². The number of hydrogen-bond acceptors (Lipinski definition) is 6. The maximum atomic E-state index is 13.2. The number of carbonyl (C=O) groups excluding carboxylic acids is 1. The van der Waals surface area contributed by atoms with Crippen LogP contribution in [0.2, 0.25) is 0 Å². The van der Waals surface area contributed by atoms with Crippen molar-refractivity contribution < 1.29 is 28.9 Å². The number of carboxylic acid groups (broad SMARTS) is 1. The molecular weight excluding hydrogens is 472 g/mol. The fourth-order valence-electron chi connectivity index (χ4n) is 5.33. The number of benzene rings is 3. The van der Waals surface area contributed by atoms with Gasteiger partial charge < -0.3 is 24.6 Å². The highest BCUT2D eigenvalue weighted by molar-refractivity contribution is 5.93. The number of likely N-dealkylation sites (tertiary alicyclic amines) is 1. The third-order valence-electron chi connectivity index (χ3n) is 7.39. The molecule has 8 heteroatoms. The summed E-state index contributed by atoms with van der Waals surface area (Å²) >= 11 is 0. The predicted molar refractivity (Wildman–Crippen MR) is 138 cm³/mol. The smallest absolute Gasteiger partial charge is 0.309 e. The Balaban J connectivity index is 1.48. The molecule has 3 aromatic rings. The third kappa shape index (κ3) is 4.84. The van der Waals surface area contributed by atoms with Crippen molar-refractivity contribution in [1.82, 2.24) is 4.90 Å². The number of aliphatic carboxylic acids is 1. The molecule has 0 saturated carbocycles. The van der Waals surface area contributed by atoms with Crippen LogP contribution in [0.15, 0.2) is 60.7 Å². The van der Waals surface area contributed by atoms with Gasteiger partial charge in [0.1, 0.15) is 5.75 Å². The average Bonchev–Trinajstić information content (AvgIpc) is 3.51. The number of rotatable bonds is 7. The quantitative estimate of drug-likeness (QED) is 0.490. The van der Waals surface area contributed by atoms with Gasteiger partial charge in [0.2, 0.25) is 12.7 Å². The normalized spacial score (nSPS) is 20.6. The van der Waals surface area contributed by atoms with Crippen molar-refractivity contribution >= 4 is 17.6 Å². The van der Waals surface area contributed by atoms with Gasteiger partial charge in [0.15, 0.2) is 11.5 Å². The maximum Gasteiger partial charge on any atom is 0.309 e. The van der Waals surface area contributed by atoms with Gasteiger partial charge in [-0.3, -0.25) is 14.5 Å². The molecule has 2 aliphatic heterocycles. The Morgan fingerprint density at radius 2 is 1.76 bits per heavy atom. The molecule has 0 unspecified atom stereocenters. The number of hydrogen-bond donors (Lipinski definition) is 2. The molecule has 0 radical (unpaired) electrons. The molecule has 2 heterocycles. The highest BCUT2D eigenvalue weighted by Gasteiger charge is 2.48. The summed E-state index contributed by atoms with van der Waals surface area (Å²) in [5.41, 5.74) is 4.50. The summed E-state index contributed by atoms with van der Waals surface area (Å²) in [5.74, 6) is -0.308. The second-order valence-corrected chi connectivity index (χ2v) is 9.53. The van der Waals surface area contributed by atoms with E-state index in [2.05, 4.69) is 5.32 Å². The number of anilines is 1. The lowest BCUT2D eigenvalue weighted by molar-refractivity contribution is -0.143. The Morgan fingerprint density at radius 3 is 2.49 bits per heavy atom. The first-order valence-corrected chi connectivity index (χ1v) is 12.2. The topological polar surface area (TPSA) is 97.3 Å². The predicted octanol–water partition coefficient (Wildman–Crippen LogP) is 4.52. The highest BCUT2D eigenvalue weighted by Crippen LogP contribution is 2.47. The van der Waals surface area contributed by atoms with E-state index in [1.165, 1.54) is 0 Å². The van der Waals surface area contributed by atoms with E-state index in [1.54, 1.807) is 7.11 Å². The molecule has 1 saturated heterocycles. The second kappa shape index (κ2) is 10.1. The van der Waals surface area contributed by atoms with Crippen LogP contribution in [0.5, 0.6) is 17.2 Å². The maximum absolute atomic E-state index is 13.2. The molecule has 8 nitrogen and oxygen atoms in total. The summed E-state index contributed by atoms with van der Waals surface area (Å²) in [5, 5.41) is 13.4. The third-order valence-corrected chi connectivity index (χ3v) is 7.39. The molecule has 3 atom stereocenters. The molecular formula is C29H30N2O6. The van der Waals surface area contributed by atoms with Crippen LogP contribution in [0.25, 0.3) is 0 Å². The first kappa shape index (κ1) is 24.6. The van der Waals surface area contributed by atoms with Crippen LogP contribution < -0.4 is 19.5 Å². The highest BCUT2D eigenvalue weighted by atomic mass is 16.7. The van der Waals surface area contributed by atoms with Gasteiger partial charge in [0.05, 0.1) is 19.6 Å². The minimum atomic E-state index is -0.916. The van der Waals surface area contributed by atoms with Crippen molar-refractivity contribution in [3.05, 3.63) is 82.9 Å². The van der Waals surface area contributed by atoms with Crippen LogP contribution in [0.4, 0.5) is 5.69 Å². The lowest BCUT2D eigenvalue weighted by atomic mass is 9.82. The van der Waals surface area contributed by atoms with Crippen LogP contribution in [0, 0.1) is 19.8 Å². The van der Waals surface area contributed by atoms with E-state index in [0.717, 1.165) is 27.9 Å². The molecule has 0 aromatic heterocycles. The Bertz CT molecular complexity index is 1320. The molecule has 37 heavy (non-hydrogen) atoms. The van der Waals surface area contributed by atoms with Gasteiger partial charge in [0.25, 0.3) is 0 Å². The molecule has 2 N–H and O–H groups in total. The monoisotopic (exact) mass is 502 g/mol. The molecule has 192 valence electrons. The standard InChI is InChI=1S/C29H30N2O6/c1-17-5-4-6-23(18(17)2)30-26(32)15-31-14-22(20-9-12-24-25(13-20)37-16-36-24)27(29(33)34)28(31)19-7-10-21(35-3)11-8-19/h4-13,22,27-28H,14-16H2,1-3H3,(H,30,32)(H,33,34)/t22-,27-,28+/m0/s1. The van der Waals surface area contributed by atoms with Crippen LogP contribution in [0.1, 0.15) is 34.2 Å². The Hall–Kier alpha value is -4.04. The van der Waals surface area contributed by atoms with Gasteiger partial charge in [0, 0.05) is 24.2 Å². The summed E-state index contributed by atoms with van der Waals surface area (Å²) < 4.78 is 16.3. The summed E-state index contributed by atoms with van der Waals surface area (Å²) in [6.07, 6.45) is 0. The fourth-order valence-corrected chi connectivity index (χ4v) is 5.33. The Labute approximate surface area is 215 Å². The van der Waals surface area contributed by atoms with Crippen molar-refractivity contribution in [1.29, 1.82) is 0 Å². The van der Waals surface area contributed by atoms with Crippen LogP contribution in [0.3, 0.4) is 0 Å². The van der Waals surface area contributed by atoms with E-state index in [-0.39, 0.29) is 25.2 Å². The number of nitrogens with zero attached hydrogens (tertiary/aromatic N) is 1. The average molecular weight is 503 g/mol. The number of amides is 1. The first-order valence-electron chi connectivity index (χ1n) is 12.2. The molecule has 2 aliphatic rings. The van der Waals surface area contributed by atoms with Gasteiger partial charge in [-0.05, 0) is 66.4 Å². The molecule has 3 aromatic carbocycles. The molecule has 0 aliphatic carbocycles. The van der Waals surface area contributed by atoms with Gasteiger partial charge in [-0.1, -0.05) is 30.3 Å². The van der Waals surface area contributed by atoms with Gasteiger partial charge in [-0.15, -0.1) is 0 Å². The number of carboxylic acids is 1. The van der Waals surface area contributed by atoms with Crippen molar-refractivity contribution in [2.24, 2.45) is 5.92 Å². The van der Waals surface area contributed by atoms with Crippen molar-refractivity contribution in [2.45, 2.75) is 25.8 Å². The van der Waals surface area contributed by atoms with Crippen molar-refractivity contribution in [2.75, 3.05) is 32.3 Å². The number of fused-ring (bicyclic) bond motifs is 1. The van der Waals surface area contributed by atoms with Crippen LogP contribution >= 0.6 is 0 Å². The Morgan fingerprint density at radius 1 is 1.03 bits per heavy atom. The summed E-state index contributed by atoms with van der Waals surface area (Å²) in [7, 11) is 1.59. The molecule has 0 spiro atoms. The van der Waals surface area contributed by atoms with Gasteiger partial charge in [-0.25, -0.2) is 0 Å². The van der Waals surface area contributed by atoms with Gasteiger partial charge in [-0.2, -0.15) is 0 Å². The zero-order valence-corrected chi connectivity index (χ0v) is 21.1. The molecule has 1 fully saturated rings. The van der Waals surface area contributed by atoms with E-state index in [4.69, 9.17) is 14.2 Å². The summed E-state index contributed by atoms with van der Waals surface area (Å²) in [4.78, 5) is 27.9. The zero-order chi connectivity index (χ0) is 26.1. The van der Waals surface area contributed by atoms with Crippen LogP contribution in [-0.2, 0) is 9.59 Å². The minimum Gasteiger partial charge on any atom is -0.497 e. The summed E-state index contributed by atoms with van der Waals surface area (Å²) in [6, 6.07) is 18.2. The number of aryl methyl sites for hydroxylation is 1. The van der Waals surface area contributed by atoms with Crippen LogP contribution in [-0.4, -0.2) is 48.9 Å². The lowest BCUT2D eigenvalue weighted by Gasteiger charge is -2.27. The molecule has 5 rings (SSSR count). The second-order valence-electron chi connectivity index (χ2n) is 9.53. The lowest BCUT2D eigenvalue weighted by Crippen LogP contribution is -2.35. The molecule has 1 amide bonds. The number of carbonyl (C=O) groups is 2.